The van der Waals surface area contributed by atoms with Gasteiger partial charge in [0, 0.05) is 11.8 Å². The molecule has 0 amide bonds. The molecule has 0 radical (unpaired) electrons. The molecule has 184 valence electrons. The Labute approximate surface area is 222 Å². The first-order chi connectivity index (χ1) is 18.7. The highest BCUT2D eigenvalue weighted by Gasteiger charge is 2.33. The average Bonchev–Trinajstić information content (AvgIpc) is 3.46. The lowest BCUT2D eigenvalue weighted by atomic mass is 9.90. The zero-order chi connectivity index (χ0) is 25.6. The summed E-state index contributed by atoms with van der Waals surface area (Å²) in [5, 5.41) is 9.86. The molecule has 1 N–H and O–H groups in total. The minimum Gasteiger partial charge on any atom is -0.478 e. The van der Waals surface area contributed by atoms with Gasteiger partial charge in [0.1, 0.15) is 0 Å². The predicted molar refractivity (Wildman–Crippen MR) is 151 cm³/mol. The predicted octanol–water partition coefficient (Wildman–Crippen LogP) is 7.99. The van der Waals surface area contributed by atoms with Crippen LogP contribution in [0.3, 0.4) is 0 Å². The second-order valence-electron chi connectivity index (χ2n) is 10.0. The highest BCUT2D eigenvalue weighted by molar-refractivity contribution is 6.00. The maximum absolute atomic E-state index is 12.0. The van der Waals surface area contributed by atoms with E-state index in [0.717, 1.165) is 22.3 Å². The van der Waals surface area contributed by atoms with Crippen LogP contribution in [0.4, 0.5) is 0 Å². The van der Waals surface area contributed by atoms with E-state index in [1.165, 1.54) is 33.4 Å². The number of hydrogen-bond acceptors (Lipinski definition) is 2. The van der Waals surface area contributed by atoms with Crippen LogP contribution in [0, 0.1) is 0 Å². The number of carboxylic acids is 1. The molecule has 0 spiro atoms. The monoisotopic (exact) mass is 494 g/mol. The van der Waals surface area contributed by atoms with Crippen molar-refractivity contribution in [2.24, 2.45) is 0 Å². The fraction of sp³-hybridized carbons (Fsp3) is 0.114. The van der Waals surface area contributed by atoms with E-state index in [1.54, 1.807) is 12.1 Å². The van der Waals surface area contributed by atoms with Crippen LogP contribution in [0.25, 0.3) is 33.4 Å². The highest BCUT2D eigenvalue weighted by Crippen LogP contribution is 2.50. The summed E-state index contributed by atoms with van der Waals surface area (Å²) in [5.41, 5.74) is 12.0. The second kappa shape index (κ2) is 9.13. The quantitative estimate of drug-likeness (QED) is 0.260. The molecule has 2 aliphatic carbocycles. The molecule has 0 heterocycles. The van der Waals surface area contributed by atoms with Gasteiger partial charge in [0.25, 0.3) is 0 Å². The molecule has 3 nitrogen and oxygen atoms in total. The molecule has 0 saturated heterocycles. The molecule has 0 aliphatic heterocycles. The van der Waals surface area contributed by atoms with Crippen molar-refractivity contribution in [3.63, 3.8) is 0 Å². The third kappa shape index (κ3) is 3.51. The first-order valence-electron chi connectivity index (χ1n) is 13.0. The Morgan fingerprint density at radius 2 is 0.974 bits per heavy atom. The van der Waals surface area contributed by atoms with Gasteiger partial charge in [0.2, 0.25) is 0 Å². The van der Waals surface area contributed by atoms with Gasteiger partial charge >= 0.3 is 5.97 Å². The van der Waals surface area contributed by atoms with Gasteiger partial charge in [-0.25, -0.2) is 4.79 Å². The lowest BCUT2D eigenvalue weighted by molar-refractivity contribution is 0.0697. The molecule has 0 aromatic heterocycles. The van der Waals surface area contributed by atoms with Crippen LogP contribution in [0.2, 0.25) is 0 Å². The Kier molecular flexibility index (Phi) is 5.45. The number of carbonyl (C=O) groups is 1. The normalized spacial score (nSPS) is 15.0. The largest absolute Gasteiger partial charge is 0.478 e. The van der Waals surface area contributed by atoms with Gasteiger partial charge in [-0.2, -0.15) is 0 Å². The molecule has 0 unspecified atom stereocenters. The van der Waals surface area contributed by atoms with Gasteiger partial charge in [-0.3, -0.25) is 0 Å². The van der Waals surface area contributed by atoms with E-state index < -0.39 is 5.97 Å². The number of hydrogen-bond donors (Lipinski definition) is 1. The van der Waals surface area contributed by atoms with E-state index in [-0.39, 0.29) is 11.8 Å². The van der Waals surface area contributed by atoms with Crippen LogP contribution in [0.15, 0.2) is 115 Å². The van der Waals surface area contributed by atoms with Crippen LogP contribution in [0.1, 0.15) is 44.4 Å². The molecule has 0 saturated carbocycles. The van der Waals surface area contributed by atoms with Crippen molar-refractivity contribution < 1.29 is 14.6 Å². The first-order valence-corrected chi connectivity index (χ1v) is 13.0. The molecule has 1 atom stereocenters. The summed E-state index contributed by atoms with van der Waals surface area (Å²) in [6.07, 6.45) is 0. The maximum Gasteiger partial charge on any atom is 0.336 e. The molecule has 7 rings (SSSR count). The molecule has 2 aliphatic rings. The number of aromatic carboxylic acids is 1. The number of rotatable bonds is 6. The fourth-order valence-corrected chi connectivity index (χ4v) is 6.41. The topological polar surface area (TPSA) is 46.5 Å². The minimum atomic E-state index is -0.915. The third-order valence-electron chi connectivity index (χ3n) is 8.06. The number of ether oxygens (including phenoxy) is 1. The summed E-state index contributed by atoms with van der Waals surface area (Å²) >= 11 is 0. The zero-order valence-corrected chi connectivity index (χ0v) is 20.8. The Hall–Kier alpha value is -4.47. The van der Waals surface area contributed by atoms with Crippen molar-refractivity contribution in [1.82, 2.24) is 0 Å². The Morgan fingerprint density at radius 3 is 1.61 bits per heavy atom. The molecule has 3 heteroatoms. The highest BCUT2D eigenvalue weighted by atomic mass is 16.5. The smallest absolute Gasteiger partial charge is 0.336 e. The lowest BCUT2D eigenvalue weighted by Crippen LogP contribution is -2.12. The summed E-state index contributed by atoms with van der Waals surface area (Å²) in [7, 11) is 0. The number of benzene rings is 5. The SMILES string of the molecule is O=C(O)c1ccccc1-c1cccc2c1-c1ccccc1[C@@H]2COCC1c2ccccc2-c2ccccc21. The molecule has 5 aromatic rings. The van der Waals surface area contributed by atoms with Gasteiger partial charge in [-0.1, -0.05) is 109 Å². The van der Waals surface area contributed by atoms with Gasteiger partial charge in [-0.15, -0.1) is 0 Å². The van der Waals surface area contributed by atoms with E-state index >= 15 is 0 Å². The lowest BCUT2D eigenvalue weighted by Gasteiger charge is -2.18. The van der Waals surface area contributed by atoms with E-state index in [4.69, 9.17) is 4.74 Å². The van der Waals surface area contributed by atoms with Gasteiger partial charge in [0.15, 0.2) is 0 Å². The first kappa shape index (κ1) is 22.7. The molecule has 0 bridgehead atoms. The van der Waals surface area contributed by atoms with E-state index in [0.29, 0.717) is 18.8 Å². The molecule has 38 heavy (non-hydrogen) atoms. The van der Waals surface area contributed by atoms with Crippen LogP contribution in [0.5, 0.6) is 0 Å². The van der Waals surface area contributed by atoms with Crippen LogP contribution in [-0.2, 0) is 4.74 Å². The van der Waals surface area contributed by atoms with Crippen molar-refractivity contribution in [3.8, 4) is 33.4 Å². The summed E-state index contributed by atoms with van der Waals surface area (Å²) < 4.78 is 6.54. The van der Waals surface area contributed by atoms with Gasteiger partial charge in [0.05, 0.1) is 18.8 Å². The van der Waals surface area contributed by atoms with Crippen LogP contribution < -0.4 is 0 Å². The van der Waals surface area contributed by atoms with Crippen molar-refractivity contribution in [3.05, 3.63) is 143 Å². The van der Waals surface area contributed by atoms with Crippen molar-refractivity contribution >= 4 is 5.97 Å². The third-order valence-corrected chi connectivity index (χ3v) is 8.06. The standard InChI is InChI=1S/C35H26O3/c36-35(37)31-17-8-6-14-26(31)29-18-9-19-30-33(27-15-5-7-16-28(27)34(29)30)21-38-20-32-24-12-3-1-10-22(24)23-11-2-4-13-25(23)32/h1-19,32-33H,20-21H2,(H,36,37)/t33-/m0/s1. The summed E-state index contributed by atoms with van der Waals surface area (Å²) in [6.45, 7) is 1.18. The van der Waals surface area contributed by atoms with Crippen LogP contribution in [-0.4, -0.2) is 24.3 Å². The second-order valence-corrected chi connectivity index (χ2v) is 10.0. The Balaban J connectivity index is 1.23. The molecule has 0 fully saturated rings. The van der Waals surface area contributed by atoms with E-state index in [1.807, 2.05) is 24.3 Å². The Bertz CT molecular complexity index is 1650. The molecular formula is C35H26O3. The van der Waals surface area contributed by atoms with Crippen molar-refractivity contribution in [2.45, 2.75) is 11.8 Å². The summed E-state index contributed by atoms with van der Waals surface area (Å²) in [5.74, 6) is -0.612. The van der Waals surface area contributed by atoms with Crippen molar-refractivity contribution in [2.75, 3.05) is 13.2 Å². The summed E-state index contributed by atoms with van der Waals surface area (Å²) in [6, 6.07) is 39.2. The molecular weight excluding hydrogens is 468 g/mol. The number of carboxylic acid groups (broad SMARTS) is 1. The van der Waals surface area contributed by atoms with E-state index in [2.05, 4.69) is 78.9 Å². The van der Waals surface area contributed by atoms with E-state index in [9.17, 15) is 9.90 Å². The molecule has 5 aromatic carbocycles. The number of fused-ring (bicyclic) bond motifs is 6. The van der Waals surface area contributed by atoms with Crippen LogP contribution >= 0.6 is 0 Å². The maximum atomic E-state index is 12.0. The minimum absolute atomic E-state index is 0.0880. The Morgan fingerprint density at radius 1 is 0.526 bits per heavy atom. The zero-order valence-electron chi connectivity index (χ0n) is 20.8. The van der Waals surface area contributed by atoms with Gasteiger partial charge in [-0.05, 0) is 61.7 Å². The van der Waals surface area contributed by atoms with Gasteiger partial charge < -0.3 is 9.84 Å². The average molecular weight is 495 g/mol. The summed E-state index contributed by atoms with van der Waals surface area (Å²) in [4.78, 5) is 12.0. The van der Waals surface area contributed by atoms with Crippen molar-refractivity contribution in [1.29, 1.82) is 0 Å². The fourth-order valence-electron chi connectivity index (χ4n) is 6.41.